The number of halogens is 1. The summed E-state index contributed by atoms with van der Waals surface area (Å²) in [4.78, 5) is 12.3. The van der Waals surface area contributed by atoms with Gasteiger partial charge < -0.3 is 10.6 Å². The number of hydrogen-bond donors (Lipinski definition) is 2. The van der Waals surface area contributed by atoms with Crippen LogP contribution >= 0.6 is 24.2 Å². The van der Waals surface area contributed by atoms with Gasteiger partial charge >= 0.3 is 0 Å². The first-order valence-corrected chi connectivity index (χ1v) is 7.90. The van der Waals surface area contributed by atoms with Crippen molar-refractivity contribution in [2.75, 3.05) is 25.9 Å². The normalized spacial score (nSPS) is 23.1. The van der Waals surface area contributed by atoms with Crippen LogP contribution in [0.2, 0.25) is 0 Å². The Hall–Kier alpha value is -0.720. The molecule has 0 aromatic carbocycles. The molecule has 3 atom stereocenters. The summed E-state index contributed by atoms with van der Waals surface area (Å²) >= 11 is 1.77. The van der Waals surface area contributed by atoms with E-state index in [0.717, 1.165) is 25.2 Å². The highest BCUT2D eigenvalue weighted by atomic mass is 35.5. The monoisotopic (exact) mass is 318 g/mol. The van der Waals surface area contributed by atoms with E-state index in [1.54, 1.807) is 16.4 Å². The van der Waals surface area contributed by atoms with Crippen molar-refractivity contribution in [1.29, 1.82) is 0 Å². The lowest BCUT2D eigenvalue weighted by Crippen LogP contribution is -2.37. The van der Waals surface area contributed by atoms with Gasteiger partial charge in [0.15, 0.2) is 0 Å². The van der Waals surface area contributed by atoms with E-state index in [4.69, 9.17) is 0 Å². The molecule has 1 amide bonds. The van der Waals surface area contributed by atoms with Crippen LogP contribution in [0.4, 0.5) is 0 Å². The van der Waals surface area contributed by atoms with Gasteiger partial charge in [0.25, 0.3) is 0 Å². The van der Waals surface area contributed by atoms with E-state index in [1.165, 1.54) is 0 Å². The molecule has 2 heterocycles. The van der Waals surface area contributed by atoms with Crippen LogP contribution in [0.1, 0.15) is 18.4 Å². The Labute approximate surface area is 130 Å². The topological polar surface area (TPSA) is 59.0 Å². The molecule has 1 aromatic rings. The van der Waals surface area contributed by atoms with Crippen molar-refractivity contribution in [2.45, 2.75) is 18.1 Å². The zero-order valence-corrected chi connectivity index (χ0v) is 13.8. The highest BCUT2D eigenvalue weighted by Gasteiger charge is 2.34. The van der Waals surface area contributed by atoms with E-state index in [1.807, 2.05) is 19.4 Å². The van der Waals surface area contributed by atoms with Crippen molar-refractivity contribution >= 4 is 30.1 Å². The standard InChI is InChI=1S/C13H22N4OS.ClH/c1-9(19-3)4-15-13(18)12-7-14-6-11(12)10-5-16-17(2)8-10;/h5,8-9,11-12,14H,4,6-7H2,1-3H3,(H,15,18);1H/t9?,11-,12+;/m1./s1. The van der Waals surface area contributed by atoms with Crippen LogP contribution in [0.3, 0.4) is 0 Å². The van der Waals surface area contributed by atoms with Crippen LogP contribution in [0.5, 0.6) is 0 Å². The zero-order chi connectivity index (χ0) is 13.8. The average molecular weight is 319 g/mol. The maximum Gasteiger partial charge on any atom is 0.225 e. The molecular weight excluding hydrogens is 296 g/mol. The third-order valence-electron chi connectivity index (χ3n) is 3.67. The van der Waals surface area contributed by atoms with Gasteiger partial charge in [-0.25, -0.2) is 0 Å². The van der Waals surface area contributed by atoms with Gasteiger partial charge in [0.05, 0.1) is 12.1 Å². The molecule has 1 aromatic heterocycles. The molecule has 0 spiro atoms. The number of aromatic nitrogens is 2. The van der Waals surface area contributed by atoms with E-state index < -0.39 is 0 Å². The summed E-state index contributed by atoms with van der Waals surface area (Å²) in [7, 11) is 1.90. The van der Waals surface area contributed by atoms with Crippen LogP contribution in [0.25, 0.3) is 0 Å². The predicted octanol–water partition coefficient (Wildman–Crippen LogP) is 1.01. The smallest absolute Gasteiger partial charge is 0.225 e. The lowest BCUT2D eigenvalue weighted by atomic mass is 9.90. The molecule has 1 aliphatic rings. The molecule has 1 aliphatic heterocycles. The molecule has 20 heavy (non-hydrogen) atoms. The summed E-state index contributed by atoms with van der Waals surface area (Å²) in [6.07, 6.45) is 5.93. The fourth-order valence-electron chi connectivity index (χ4n) is 2.39. The Morgan fingerprint density at radius 2 is 2.40 bits per heavy atom. The summed E-state index contributed by atoms with van der Waals surface area (Å²) in [5, 5.41) is 11.0. The molecular formula is C13H23ClN4OS. The highest BCUT2D eigenvalue weighted by Crippen LogP contribution is 2.27. The van der Waals surface area contributed by atoms with Gasteiger partial charge in [-0.3, -0.25) is 9.48 Å². The number of carbonyl (C=O) groups excluding carboxylic acids is 1. The van der Waals surface area contributed by atoms with Crippen molar-refractivity contribution < 1.29 is 4.79 Å². The molecule has 5 nitrogen and oxygen atoms in total. The van der Waals surface area contributed by atoms with E-state index in [2.05, 4.69) is 28.9 Å². The van der Waals surface area contributed by atoms with Crippen LogP contribution in [0, 0.1) is 5.92 Å². The largest absolute Gasteiger partial charge is 0.355 e. The molecule has 0 radical (unpaired) electrons. The van der Waals surface area contributed by atoms with Crippen molar-refractivity contribution in [1.82, 2.24) is 20.4 Å². The van der Waals surface area contributed by atoms with Crippen LogP contribution in [0.15, 0.2) is 12.4 Å². The van der Waals surface area contributed by atoms with Gasteiger partial charge in [-0.1, -0.05) is 6.92 Å². The first kappa shape index (κ1) is 17.3. The van der Waals surface area contributed by atoms with E-state index in [0.29, 0.717) is 5.25 Å². The summed E-state index contributed by atoms with van der Waals surface area (Å²) in [6, 6.07) is 0. The highest BCUT2D eigenvalue weighted by molar-refractivity contribution is 7.99. The Morgan fingerprint density at radius 3 is 3.00 bits per heavy atom. The summed E-state index contributed by atoms with van der Waals surface area (Å²) < 4.78 is 1.79. The number of hydrogen-bond acceptors (Lipinski definition) is 4. The second-order valence-corrected chi connectivity index (χ2v) is 6.39. The number of thioether (sulfide) groups is 1. The fraction of sp³-hybridized carbons (Fsp3) is 0.692. The summed E-state index contributed by atoms with van der Waals surface area (Å²) in [6.45, 7) is 4.45. The number of amides is 1. The lowest BCUT2D eigenvalue weighted by Gasteiger charge is -2.18. The number of rotatable bonds is 5. The lowest BCUT2D eigenvalue weighted by molar-refractivity contribution is -0.124. The minimum atomic E-state index is 0. The minimum Gasteiger partial charge on any atom is -0.355 e. The summed E-state index contributed by atoms with van der Waals surface area (Å²) in [5.74, 6) is 0.399. The quantitative estimate of drug-likeness (QED) is 0.851. The molecule has 2 rings (SSSR count). The molecule has 114 valence electrons. The molecule has 2 N–H and O–H groups in total. The Balaban J connectivity index is 0.00000200. The number of nitrogens with one attached hydrogen (secondary N) is 2. The fourth-order valence-corrected chi connectivity index (χ4v) is 2.64. The van der Waals surface area contributed by atoms with Crippen molar-refractivity contribution in [3.05, 3.63) is 18.0 Å². The van der Waals surface area contributed by atoms with Gasteiger partial charge in [0.1, 0.15) is 0 Å². The third-order valence-corrected chi connectivity index (χ3v) is 4.64. The average Bonchev–Trinajstić information content (AvgIpc) is 3.03. The second kappa shape index (κ2) is 7.90. The number of aryl methyl sites for hydroxylation is 1. The van der Waals surface area contributed by atoms with Gasteiger partial charge in [0, 0.05) is 44.0 Å². The molecule has 1 saturated heterocycles. The Bertz CT molecular complexity index is 440. The molecule has 1 unspecified atom stereocenters. The van der Waals surface area contributed by atoms with Gasteiger partial charge in [0.2, 0.25) is 5.91 Å². The number of nitrogens with zero attached hydrogens (tertiary/aromatic N) is 2. The molecule has 0 bridgehead atoms. The minimum absolute atomic E-state index is 0. The Morgan fingerprint density at radius 1 is 1.65 bits per heavy atom. The predicted molar refractivity (Wildman–Crippen MR) is 85.5 cm³/mol. The van der Waals surface area contributed by atoms with E-state index in [9.17, 15) is 4.79 Å². The first-order valence-electron chi connectivity index (χ1n) is 6.61. The van der Waals surface area contributed by atoms with Gasteiger partial charge in [-0.15, -0.1) is 12.4 Å². The second-order valence-electron chi connectivity index (χ2n) is 5.11. The molecule has 1 fully saturated rings. The SMILES string of the molecule is CSC(C)CNC(=O)[C@H]1CNC[C@@H]1c1cnn(C)c1.Cl. The number of carbonyl (C=O) groups is 1. The van der Waals surface area contributed by atoms with Crippen molar-refractivity contribution in [2.24, 2.45) is 13.0 Å². The Kier molecular flexibility index (Phi) is 6.85. The zero-order valence-electron chi connectivity index (χ0n) is 12.1. The molecule has 7 heteroatoms. The van der Waals surface area contributed by atoms with Crippen LogP contribution < -0.4 is 10.6 Å². The van der Waals surface area contributed by atoms with Crippen LogP contribution in [-0.4, -0.2) is 46.8 Å². The van der Waals surface area contributed by atoms with E-state index >= 15 is 0 Å². The third kappa shape index (κ3) is 4.14. The van der Waals surface area contributed by atoms with Gasteiger partial charge in [-0.2, -0.15) is 16.9 Å². The van der Waals surface area contributed by atoms with E-state index in [-0.39, 0.29) is 30.2 Å². The maximum atomic E-state index is 12.3. The maximum absolute atomic E-state index is 12.3. The van der Waals surface area contributed by atoms with Crippen molar-refractivity contribution in [3.8, 4) is 0 Å². The van der Waals surface area contributed by atoms with Crippen LogP contribution in [-0.2, 0) is 11.8 Å². The summed E-state index contributed by atoms with van der Waals surface area (Å²) in [5.41, 5.74) is 1.14. The van der Waals surface area contributed by atoms with Crippen molar-refractivity contribution in [3.63, 3.8) is 0 Å². The molecule has 0 aliphatic carbocycles. The van der Waals surface area contributed by atoms with Gasteiger partial charge in [-0.05, 0) is 11.8 Å². The molecule has 0 saturated carbocycles. The first-order chi connectivity index (χ1) is 9.11.